The maximum Gasteiger partial charge on any atom is 0.313 e. The van der Waals surface area contributed by atoms with E-state index in [9.17, 15) is 9.59 Å². The molecule has 1 aromatic heterocycles. The van der Waals surface area contributed by atoms with E-state index in [-0.39, 0.29) is 17.7 Å². The predicted molar refractivity (Wildman–Crippen MR) is 75.8 cm³/mol. The van der Waals surface area contributed by atoms with Gasteiger partial charge in [-0.05, 0) is 12.3 Å². The zero-order valence-corrected chi connectivity index (χ0v) is 12.4. The smallest absolute Gasteiger partial charge is 0.313 e. The van der Waals surface area contributed by atoms with Crippen LogP contribution in [-0.2, 0) is 16.1 Å². The number of nitrogens with one attached hydrogen (secondary N) is 1. The van der Waals surface area contributed by atoms with Crippen molar-refractivity contribution in [1.29, 1.82) is 0 Å². The highest BCUT2D eigenvalue weighted by Crippen LogP contribution is 2.24. The van der Waals surface area contributed by atoms with E-state index in [1.54, 1.807) is 6.20 Å². The highest BCUT2D eigenvalue weighted by molar-refractivity contribution is 7.99. The van der Waals surface area contributed by atoms with Crippen LogP contribution in [0.3, 0.4) is 0 Å². The topological polar surface area (TPSA) is 84.2 Å². The minimum Gasteiger partial charge on any atom is -0.481 e. The molecule has 110 valence electrons. The first-order valence-corrected chi connectivity index (χ1v) is 7.65. The number of nitrogens with zero attached hydrogens (tertiary/aromatic N) is 2. The lowest BCUT2D eigenvalue weighted by Crippen LogP contribution is -2.30. The van der Waals surface area contributed by atoms with Gasteiger partial charge in [0.05, 0.1) is 5.75 Å². The minimum atomic E-state index is -0.857. The maximum absolute atomic E-state index is 11.3. The van der Waals surface area contributed by atoms with Gasteiger partial charge in [-0.15, -0.1) is 0 Å². The molecule has 1 amide bonds. The molecule has 1 unspecified atom stereocenters. The van der Waals surface area contributed by atoms with Crippen LogP contribution in [0.15, 0.2) is 11.4 Å². The maximum atomic E-state index is 11.3. The first-order valence-electron chi connectivity index (χ1n) is 6.66. The molecule has 1 aromatic rings. The lowest BCUT2D eigenvalue weighted by Gasteiger charge is -2.17. The molecule has 2 heterocycles. The average molecular weight is 297 g/mol. The van der Waals surface area contributed by atoms with Crippen LogP contribution in [0, 0.1) is 0 Å². The van der Waals surface area contributed by atoms with Gasteiger partial charge in [-0.3, -0.25) is 9.59 Å². The Labute approximate surface area is 122 Å². The van der Waals surface area contributed by atoms with Crippen LogP contribution in [0.4, 0.5) is 0 Å². The van der Waals surface area contributed by atoms with Crippen LogP contribution < -0.4 is 5.32 Å². The van der Waals surface area contributed by atoms with E-state index in [1.807, 2.05) is 4.57 Å². The Hall–Kier alpha value is -1.50. The molecule has 1 aliphatic heterocycles. The SMILES string of the molecule is CC(C)c1cnc(SCC(=O)O)n1CC1CCC(=O)N1. The fraction of sp³-hybridized carbons (Fsp3) is 0.615. The molecular formula is C13H19N3O3S. The summed E-state index contributed by atoms with van der Waals surface area (Å²) in [5.74, 6) is -0.476. The quantitative estimate of drug-likeness (QED) is 0.777. The van der Waals surface area contributed by atoms with Gasteiger partial charge in [0.1, 0.15) is 0 Å². The summed E-state index contributed by atoms with van der Waals surface area (Å²) in [5, 5.41) is 12.4. The molecule has 1 aliphatic rings. The standard InChI is InChI=1S/C13H19N3O3S/c1-8(2)10-5-14-13(20-7-12(18)19)16(10)6-9-3-4-11(17)15-9/h5,8-9H,3-4,6-7H2,1-2H3,(H,15,17)(H,18,19). The van der Waals surface area contributed by atoms with Crippen molar-refractivity contribution in [2.75, 3.05) is 5.75 Å². The number of carboxylic acid groups (broad SMARTS) is 1. The third-order valence-electron chi connectivity index (χ3n) is 3.25. The van der Waals surface area contributed by atoms with E-state index >= 15 is 0 Å². The molecule has 0 bridgehead atoms. The number of carboxylic acids is 1. The van der Waals surface area contributed by atoms with Crippen molar-refractivity contribution in [3.05, 3.63) is 11.9 Å². The van der Waals surface area contributed by atoms with Crippen LogP contribution >= 0.6 is 11.8 Å². The van der Waals surface area contributed by atoms with E-state index < -0.39 is 5.97 Å². The van der Waals surface area contributed by atoms with Crippen LogP contribution in [0.2, 0.25) is 0 Å². The molecular weight excluding hydrogens is 278 g/mol. The second-order valence-corrected chi connectivity index (χ2v) is 6.16. The minimum absolute atomic E-state index is 0.00836. The average Bonchev–Trinajstić information content (AvgIpc) is 2.94. The molecule has 2 rings (SSSR count). The lowest BCUT2D eigenvalue weighted by atomic mass is 10.1. The molecule has 0 aliphatic carbocycles. The summed E-state index contributed by atoms with van der Waals surface area (Å²) in [4.78, 5) is 26.3. The molecule has 1 saturated heterocycles. The van der Waals surface area contributed by atoms with Crippen molar-refractivity contribution in [3.8, 4) is 0 Å². The summed E-state index contributed by atoms with van der Waals surface area (Å²) in [7, 11) is 0. The summed E-state index contributed by atoms with van der Waals surface area (Å²) in [5.41, 5.74) is 1.07. The van der Waals surface area contributed by atoms with E-state index in [2.05, 4.69) is 24.1 Å². The third-order valence-corrected chi connectivity index (χ3v) is 4.23. The fourth-order valence-electron chi connectivity index (χ4n) is 2.29. The molecule has 6 nitrogen and oxygen atoms in total. The Balaban J connectivity index is 2.15. The molecule has 1 fully saturated rings. The van der Waals surface area contributed by atoms with Crippen LogP contribution in [-0.4, -0.2) is 38.3 Å². The number of rotatable bonds is 6. The highest BCUT2D eigenvalue weighted by Gasteiger charge is 2.24. The van der Waals surface area contributed by atoms with Gasteiger partial charge in [0, 0.05) is 30.9 Å². The van der Waals surface area contributed by atoms with Gasteiger partial charge < -0.3 is 15.0 Å². The predicted octanol–water partition coefficient (Wildman–Crippen LogP) is 1.46. The number of aromatic nitrogens is 2. The van der Waals surface area contributed by atoms with Crippen LogP contribution in [0.25, 0.3) is 0 Å². The van der Waals surface area contributed by atoms with Crippen molar-refractivity contribution in [1.82, 2.24) is 14.9 Å². The molecule has 0 radical (unpaired) electrons. The van der Waals surface area contributed by atoms with Crippen molar-refractivity contribution >= 4 is 23.6 Å². The number of carbonyl (C=O) groups excluding carboxylic acids is 1. The lowest BCUT2D eigenvalue weighted by molar-refractivity contribution is -0.133. The molecule has 0 spiro atoms. The highest BCUT2D eigenvalue weighted by atomic mass is 32.2. The fourth-order valence-corrected chi connectivity index (χ4v) is 3.01. The number of thioether (sulfide) groups is 1. The molecule has 20 heavy (non-hydrogen) atoms. The Morgan fingerprint density at radius 3 is 2.95 bits per heavy atom. The van der Waals surface area contributed by atoms with Gasteiger partial charge in [-0.2, -0.15) is 0 Å². The van der Waals surface area contributed by atoms with Gasteiger partial charge >= 0.3 is 5.97 Å². The van der Waals surface area contributed by atoms with E-state index in [1.165, 1.54) is 11.8 Å². The van der Waals surface area contributed by atoms with Gasteiger partial charge in [0.2, 0.25) is 5.91 Å². The van der Waals surface area contributed by atoms with E-state index in [0.717, 1.165) is 12.1 Å². The normalized spacial score (nSPS) is 18.6. The first kappa shape index (κ1) is 14.9. The van der Waals surface area contributed by atoms with Crippen LogP contribution in [0.1, 0.15) is 38.3 Å². The van der Waals surface area contributed by atoms with Gasteiger partial charge in [0.15, 0.2) is 5.16 Å². The number of amides is 1. The van der Waals surface area contributed by atoms with Gasteiger partial charge in [-0.1, -0.05) is 25.6 Å². The Morgan fingerprint density at radius 1 is 1.65 bits per heavy atom. The Morgan fingerprint density at radius 2 is 2.40 bits per heavy atom. The molecule has 0 aromatic carbocycles. The summed E-state index contributed by atoms with van der Waals surface area (Å²) in [6.45, 7) is 4.81. The van der Waals surface area contributed by atoms with E-state index in [0.29, 0.717) is 24.0 Å². The molecule has 7 heteroatoms. The largest absolute Gasteiger partial charge is 0.481 e. The van der Waals surface area contributed by atoms with Crippen molar-refractivity contribution < 1.29 is 14.7 Å². The second kappa shape index (κ2) is 6.30. The van der Waals surface area contributed by atoms with E-state index in [4.69, 9.17) is 5.11 Å². The van der Waals surface area contributed by atoms with Crippen LogP contribution in [0.5, 0.6) is 0 Å². The van der Waals surface area contributed by atoms with Crippen molar-refractivity contribution in [3.63, 3.8) is 0 Å². The summed E-state index contributed by atoms with van der Waals surface area (Å²) >= 11 is 1.22. The number of hydrogen-bond donors (Lipinski definition) is 2. The summed E-state index contributed by atoms with van der Waals surface area (Å²) in [6.07, 6.45) is 3.18. The third kappa shape index (κ3) is 3.53. The number of carbonyl (C=O) groups is 2. The number of hydrogen-bond acceptors (Lipinski definition) is 4. The molecule has 0 saturated carbocycles. The summed E-state index contributed by atoms with van der Waals surface area (Å²) in [6, 6.07) is 0.110. The monoisotopic (exact) mass is 297 g/mol. The zero-order valence-electron chi connectivity index (χ0n) is 11.6. The van der Waals surface area contributed by atoms with Crippen molar-refractivity contribution in [2.24, 2.45) is 0 Å². The van der Waals surface area contributed by atoms with Gasteiger partial charge in [0.25, 0.3) is 0 Å². The molecule has 1 atom stereocenters. The zero-order chi connectivity index (χ0) is 14.7. The Kier molecular flexibility index (Phi) is 4.69. The Bertz CT molecular complexity index is 513. The van der Waals surface area contributed by atoms with Gasteiger partial charge in [-0.25, -0.2) is 4.98 Å². The van der Waals surface area contributed by atoms with Crippen molar-refractivity contribution in [2.45, 2.75) is 50.4 Å². The summed E-state index contributed by atoms with van der Waals surface area (Å²) < 4.78 is 2.04. The number of aliphatic carboxylic acids is 1. The molecule has 2 N–H and O–H groups in total. The first-order chi connectivity index (χ1) is 9.47. The second-order valence-electron chi connectivity index (χ2n) is 5.22. The number of imidazole rings is 1.